The minimum absolute atomic E-state index is 0.215. The van der Waals surface area contributed by atoms with E-state index in [-0.39, 0.29) is 5.82 Å². The summed E-state index contributed by atoms with van der Waals surface area (Å²) in [4.78, 5) is 7.26. The van der Waals surface area contributed by atoms with Gasteiger partial charge in [0.05, 0.1) is 0 Å². The van der Waals surface area contributed by atoms with Gasteiger partial charge in [-0.3, -0.25) is 4.99 Å². The molecule has 2 rings (SSSR count). The zero-order chi connectivity index (χ0) is 14.4. The van der Waals surface area contributed by atoms with Crippen LogP contribution in [0.4, 0.5) is 4.39 Å². The van der Waals surface area contributed by atoms with Crippen LogP contribution in [0.1, 0.15) is 18.9 Å². The molecule has 20 heavy (non-hydrogen) atoms. The highest BCUT2D eigenvalue weighted by molar-refractivity contribution is 5.83. The van der Waals surface area contributed by atoms with E-state index in [0.29, 0.717) is 0 Å². The van der Waals surface area contributed by atoms with Gasteiger partial charge in [0.15, 0.2) is 5.96 Å². The lowest BCUT2D eigenvalue weighted by Gasteiger charge is -2.10. The van der Waals surface area contributed by atoms with Crippen molar-refractivity contribution in [2.45, 2.75) is 19.8 Å². The minimum Gasteiger partial charge on any atom is -0.361 e. The second kappa shape index (κ2) is 6.93. The number of benzene rings is 1. The van der Waals surface area contributed by atoms with E-state index in [2.05, 4.69) is 27.5 Å². The highest BCUT2D eigenvalue weighted by Gasteiger charge is 2.04. The fraction of sp³-hybridized carbons (Fsp3) is 0.400. The molecular formula is C15H21FN4. The maximum absolute atomic E-state index is 13.1. The smallest absolute Gasteiger partial charge is 0.190 e. The monoisotopic (exact) mass is 276 g/mol. The molecule has 0 fully saturated rings. The zero-order valence-electron chi connectivity index (χ0n) is 12.0. The fourth-order valence-electron chi connectivity index (χ4n) is 2.14. The lowest BCUT2D eigenvalue weighted by atomic mass is 10.1. The number of fused-ring (bicyclic) bond motifs is 1. The number of halogens is 1. The van der Waals surface area contributed by atoms with Crippen molar-refractivity contribution in [3.63, 3.8) is 0 Å². The van der Waals surface area contributed by atoms with Crippen LogP contribution < -0.4 is 10.6 Å². The van der Waals surface area contributed by atoms with Gasteiger partial charge in [-0.15, -0.1) is 0 Å². The van der Waals surface area contributed by atoms with Crippen LogP contribution in [-0.2, 0) is 6.42 Å². The molecule has 0 atom stereocenters. The Morgan fingerprint density at radius 2 is 2.10 bits per heavy atom. The van der Waals surface area contributed by atoms with E-state index in [1.165, 1.54) is 17.7 Å². The molecule has 0 bridgehead atoms. The molecule has 108 valence electrons. The first-order valence-corrected chi connectivity index (χ1v) is 6.94. The molecular weight excluding hydrogens is 255 g/mol. The van der Waals surface area contributed by atoms with E-state index in [4.69, 9.17) is 0 Å². The highest BCUT2D eigenvalue weighted by atomic mass is 19.1. The third-order valence-corrected chi connectivity index (χ3v) is 3.18. The molecule has 1 heterocycles. The molecule has 2 aromatic rings. The first-order valence-electron chi connectivity index (χ1n) is 6.94. The van der Waals surface area contributed by atoms with Gasteiger partial charge in [-0.25, -0.2) is 4.39 Å². The van der Waals surface area contributed by atoms with Crippen LogP contribution in [0.25, 0.3) is 10.9 Å². The second-order valence-corrected chi connectivity index (χ2v) is 4.68. The molecule has 0 saturated carbocycles. The van der Waals surface area contributed by atoms with E-state index in [9.17, 15) is 4.39 Å². The molecule has 1 aromatic carbocycles. The van der Waals surface area contributed by atoms with Gasteiger partial charge in [0.1, 0.15) is 5.82 Å². The third-order valence-electron chi connectivity index (χ3n) is 3.18. The van der Waals surface area contributed by atoms with Crippen molar-refractivity contribution < 1.29 is 4.39 Å². The Morgan fingerprint density at radius 1 is 1.30 bits per heavy atom. The quantitative estimate of drug-likeness (QED) is 0.580. The number of hydrogen-bond donors (Lipinski definition) is 3. The molecule has 1 aromatic heterocycles. The Hall–Kier alpha value is -2.04. The summed E-state index contributed by atoms with van der Waals surface area (Å²) in [6.07, 6.45) is 3.86. The van der Waals surface area contributed by atoms with Crippen molar-refractivity contribution >= 4 is 16.9 Å². The Morgan fingerprint density at radius 3 is 2.85 bits per heavy atom. The van der Waals surface area contributed by atoms with E-state index >= 15 is 0 Å². The van der Waals surface area contributed by atoms with Gasteiger partial charge >= 0.3 is 0 Å². The average molecular weight is 276 g/mol. The van der Waals surface area contributed by atoms with E-state index in [0.717, 1.165) is 42.8 Å². The van der Waals surface area contributed by atoms with Crippen molar-refractivity contribution in [3.05, 3.63) is 35.8 Å². The number of hydrogen-bond acceptors (Lipinski definition) is 1. The Kier molecular flexibility index (Phi) is 4.98. The molecule has 0 aliphatic heterocycles. The van der Waals surface area contributed by atoms with Gasteiger partial charge < -0.3 is 15.6 Å². The van der Waals surface area contributed by atoms with Crippen molar-refractivity contribution in [2.24, 2.45) is 4.99 Å². The number of nitrogens with one attached hydrogen (secondary N) is 3. The normalized spacial score (nSPS) is 11.8. The van der Waals surface area contributed by atoms with Crippen LogP contribution >= 0.6 is 0 Å². The molecule has 0 amide bonds. The maximum atomic E-state index is 13.1. The topological polar surface area (TPSA) is 52.2 Å². The van der Waals surface area contributed by atoms with Gasteiger partial charge in [0, 0.05) is 37.2 Å². The Balaban J connectivity index is 1.93. The molecule has 0 radical (unpaired) electrons. The molecule has 0 aliphatic carbocycles. The van der Waals surface area contributed by atoms with Crippen LogP contribution in [-0.4, -0.2) is 31.1 Å². The predicted molar refractivity (Wildman–Crippen MR) is 81.6 cm³/mol. The van der Waals surface area contributed by atoms with Crippen molar-refractivity contribution in [3.8, 4) is 0 Å². The molecule has 0 aliphatic rings. The molecule has 5 heteroatoms. The summed E-state index contributed by atoms with van der Waals surface area (Å²) >= 11 is 0. The Bertz CT molecular complexity index is 589. The number of rotatable bonds is 5. The molecule has 0 spiro atoms. The summed E-state index contributed by atoms with van der Waals surface area (Å²) in [6.45, 7) is 3.81. The second-order valence-electron chi connectivity index (χ2n) is 4.68. The Labute approximate surface area is 118 Å². The van der Waals surface area contributed by atoms with Crippen molar-refractivity contribution in [1.29, 1.82) is 0 Å². The summed E-state index contributed by atoms with van der Waals surface area (Å²) in [7, 11) is 1.76. The minimum atomic E-state index is -0.215. The fourth-order valence-corrected chi connectivity index (χ4v) is 2.14. The van der Waals surface area contributed by atoms with Crippen molar-refractivity contribution in [2.75, 3.05) is 20.1 Å². The summed E-state index contributed by atoms with van der Waals surface area (Å²) in [5.41, 5.74) is 2.02. The zero-order valence-corrected chi connectivity index (χ0v) is 12.0. The molecule has 0 unspecified atom stereocenters. The van der Waals surface area contributed by atoms with Crippen molar-refractivity contribution in [1.82, 2.24) is 15.6 Å². The summed E-state index contributed by atoms with van der Waals surface area (Å²) < 4.78 is 13.1. The van der Waals surface area contributed by atoms with E-state index < -0.39 is 0 Å². The van der Waals surface area contributed by atoms with Crippen LogP contribution in [0.3, 0.4) is 0 Å². The van der Waals surface area contributed by atoms with Gasteiger partial charge in [0.25, 0.3) is 0 Å². The highest BCUT2D eigenvalue weighted by Crippen LogP contribution is 2.19. The number of H-pyrrole nitrogens is 1. The summed E-state index contributed by atoms with van der Waals surface area (Å²) in [5.74, 6) is 0.603. The number of guanidine groups is 1. The van der Waals surface area contributed by atoms with Gasteiger partial charge in [-0.05, 0) is 36.6 Å². The molecule has 4 nitrogen and oxygen atoms in total. The maximum Gasteiger partial charge on any atom is 0.190 e. The van der Waals surface area contributed by atoms with Gasteiger partial charge in [-0.1, -0.05) is 6.92 Å². The van der Waals surface area contributed by atoms with E-state index in [1.807, 2.05) is 12.3 Å². The summed E-state index contributed by atoms with van der Waals surface area (Å²) in [6, 6.07) is 4.84. The van der Waals surface area contributed by atoms with Gasteiger partial charge in [-0.2, -0.15) is 0 Å². The van der Waals surface area contributed by atoms with E-state index in [1.54, 1.807) is 7.05 Å². The molecule has 0 saturated heterocycles. The lowest BCUT2D eigenvalue weighted by Crippen LogP contribution is -2.38. The number of aliphatic imine (C=N–C) groups is 1. The third kappa shape index (κ3) is 3.50. The first kappa shape index (κ1) is 14.4. The average Bonchev–Trinajstić information content (AvgIpc) is 2.85. The number of nitrogens with zero attached hydrogens (tertiary/aromatic N) is 1. The largest absolute Gasteiger partial charge is 0.361 e. The van der Waals surface area contributed by atoms with Crippen LogP contribution in [0.2, 0.25) is 0 Å². The number of aromatic nitrogens is 1. The first-order chi connectivity index (χ1) is 9.74. The van der Waals surface area contributed by atoms with Crippen LogP contribution in [0.5, 0.6) is 0 Å². The summed E-state index contributed by atoms with van der Waals surface area (Å²) in [5, 5.41) is 7.57. The standard InChI is InChI=1S/C15H21FN4/c1-3-7-18-15(17-2)19-8-6-11-10-20-14-9-12(16)4-5-13(11)14/h4-5,9-10,20H,3,6-8H2,1-2H3,(H2,17,18,19). The lowest BCUT2D eigenvalue weighted by molar-refractivity contribution is 0.629. The van der Waals surface area contributed by atoms with Gasteiger partial charge in [0.2, 0.25) is 0 Å². The van der Waals surface area contributed by atoms with Crippen LogP contribution in [0.15, 0.2) is 29.4 Å². The molecule has 3 N–H and O–H groups in total. The number of aromatic amines is 1. The predicted octanol–water partition coefficient (Wildman–Crippen LogP) is 2.42. The van der Waals surface area contributed by atoms with Crippen LogP contribution in [0, 0.1) is 5.82 Å². The SMILES string of the molecule is CCCNC(=NC)NCCc1c[nH]c2cc(F)ccc12.